The van der Waals surface area contributed by atoms with Gasteiger partial charge in [-0.05, 0) is 45.2 Å². The molecule has 4 heteroatoms. The molecule has 108 valence electrons. The molecule has 1 aromatic heterocycles. The number of amides is 1. The first kappa shape index (κ1) is 16.2. The summed E-state index contributed by atoms with van der Waals surface area (Å²) in [7, 11) is 0. The maximum absolute atomic E-state index is 11.9. The van der Waals surface area contributed by atoms with Crippen LogP contribution in [-0.4, -0.2) is 24.5 Å². The van der Waals surface area contributed by atoms with Crippen molar-refractivity contribution >= 4 is 17.2 Å². The van der Waals surface area contributed by atoms with Gasteiger partial charge in [-0.3, -0.25) is 4.79 Å². The summed E-state index contributed by atoms with van der Waals surface area (Å²) in [6, 6.07) is 4.47. The summed E-state index contributed by atoms with van der Waals surface area (Å²) in [6.45, 7) is 11.1. The van der Waals surface area contributed by atoms with Crippen molar-refractivity contribution in [3.8, 4) is 0 Å². The van der Waals surface area contributed by atoms with Crippen molar-refractivity contribution < 1.29 is 4.79 Å². The van der Waals surface area contributed by atoms with Crippen LogP contribution in [0.4, 0.5) is 0 Å². The molecule has 0 fully saturated rings. The Kier molecular flexibility index (Phi) is 6.52. The van der Waals surface area contributed by atoms with E-state index in [9.17, 15) is 4.79 Å². The molecule has 3 nitrogen and oxygen atoms in total. The Morgan fingerprint density at radius 2 is 1.95 bits per heavy atom. The van der Waals surface area contributed by atoms with Gasteiger partial charge in [0, 0.05) is 22.3 Å². The van der Waals surface area contributed by atoms with Gasteiger partial charge < -0.3 is 10.6 Å². The van der Waals surface area contributed by atoms with Crippen LogP contribution in [0.3, 0.4) is 0 Å². The van der Waals surface area contributed by atoms with E-state index in [0.717, 1.165) is 13.0 Å². The predicted octanol–water partition coefficient (Wildman–Crippen LogP) is 2.74. The lowest BCUT2D eigenvalue weighted by Crippen LogP contribution is -2.47. The molecule has 0 aromatic carbocycles. The highest BCUT2D eigenvalue weighted by molar-refractivity contribution is 7.11. The highest BCUT2D eigenvalue weighted by Gasteiger charge is 2.15. The van der Waals surface area contributed by atoms with E-state index in [1.807, 2.05) is 18.3 Å². The molecule has 0 aliphatic heterocycles. The van der Waals surface area contributed by atoms with Crippen LogP contribution in [0.1, 0.15) is 37.4 Å². The lowest BCUT2D eigenvalue weighted by atomic mass is 10.1. The molecule has 1 amide bonds. The van der Waals surface area contributed by atoms with Crippen LogP contribution in [0, 0.1) is 12.8 Å². The summed E-state index contributed by atoms with van der Waals surface area (Å²) in [4.78, 5) is 14.6. The Balaban J connectivity index is 2.34. The third-order valence-corrected chi connectivity index (χ3v) is 3.94. The minimum Gasteiger partial charge on any atom is -0.354 e. The van der Waals surface area contributed by atoms with Crippen molar-refractivity contribution in [1.29, 1.82) is 0 Å². The number of carbonyl (C=O) groups excluding carboxylic acids is 1. The van der Waals surface area contributed by atoms with Gasteiger partial charge in [0.05, 0.1) is 6.04 Å². The molecule has 0 spiro atoms. The molecule has 19 heavy (non-hydrogen) atoms. The molecule has 0 aliphatic rings. The Hall–Kier alpha value is -0.870. The number of hydrogen-bond acceptors (Lipinski definition) is 3. The van der Waals surface area contributed by atoms with E-state index in [1.54, 1.807) is 0 Å². The minimum atomic E-state index is -0.144. The summed E-state index contributed by atoms with van der Waals surface area (Å²) in [5.74, 6) is 0.575. The molecular weight excluding hydrogens is 256 g/mol. The fraction of sp³-hybridized carbons (Fsp3) is 0.667. The van der Waals surface area contributed by atoms with Gasteiger partial charge in [-0.25, -0.2) is 0 Å². The van der Waals surface area contributed by atoms with Crippen LogP contribution < -0.4 is 10.6 Å². The van der Waals surface area contributed by atoms with Gasteiger partial charge in [-0.1, -0.05) is 13.8 Å². The van der Waals surface area contributed by atoms with E-state index in [1.165, 1.54) is 9.75 Å². The first-order chi connectivity index (χ1) is 8.88. The first-order valence-corrected chi connectivity index (χ1v) is 7.79. The van der Waals surface area contributed by atoms with Crippen LogP contribution in [0.5, 0.6) is 0 Å². The van der Waals surface area contributed by atoms with Gasteiger partial charge in [0.15, 0.2) is 0 Å². The van der Waals surface area contributed by atoms with E-state index in [-0.39, 0.29) is 11.9 Å². The minimum absolute atomic E-state index is 0.0860. The van der Waals surface area contributed by atoms with Crippen molar-refractivity contribution in [2.75, 3.05) is 6.54 Å². The number of aryl methyl sites for hydroxylation is 1. The van der Waals surface area contributed by atoms with E-state index >= 15 is 0 Å². The van der Waals surface area contributed by atoms with Crippen LogP contribution in [0.2, 0.25) is 0 Å². The maximum atomic E-state index is 11.9. The topological polar surface area (TPSA) is 41.1 Å². The first-order valence-electron chi connectivity index (χ1n) is 6.97. The Morgan fingerprint density at radius 3 is 2.47 bits per heavy atom. The summed E-state index contributed by atoms with van der Waals surface area (Å²) in [6.07, 6.45) is 0.973. The van der Waals surface area contributed by atoms with Gasteiger partial charge in [0.2, 0.25) is 5.91 Å². The second kappa shape index (κ2) is 7.65. The number of carbonyl (C=O) groups is 1. The van der Waals surface area contributed by atoms with E-state index in [2.05, 4.69) is 50.5 Å². The number of thiophene rings is 1. The molecular formula is C15H26N2OS. The number of nitrogens with one attached hydrogen (secondary N) is 2. The quantitative estimate of drug-likeness (QED) is 0.807. The summed E-state index contributed by atoms with van der Waals surface area (Å²) < 4.78 is 0. The monoisotopic (exact) mass is 282 g/mol. The predicted molar refractivity (Wildman–Crippen MR) is 82.7 cm³/mol. The van der Waals surface area contributed by atoms with Crippen molar-refractivity contribution in [1.82, 2.24) is 10.6 Å². The van der Waals surface area contributed by atoms with E-state index < -0.39 is 0 Å². The van der Waals surface area contributed by atoms with Crippen molar-refractivity contribution in [3.05, 3.63) is 21.9 Å². The lowest BCUT2D eigenvalue weighted by molar-refractivity contribution is -0.123. The maximum Gasteiger partial charge on any atom is 0.236 e. The van der Waals surface area contributed by atoms with E-state index in [0.29, 0.717) is 12.0 Å². The van der Waals surface area contributed by atoms with Crippen molar-refractivity contribution in [3.63, 3.8) is 0 Å². The Bertz CT molecular complexity index is 401. The largest absolute Gasteiger partial charge is 0.354 e. The van der Waals surface area contributed by atoms with Gasteiger partial charge in [0.1, 0.15) is 0 Å². The third kappa shape index (κ3) is 6.21. The molecule has 0 bridgehead atoms. The van der Waals surface area contributed by atoms with Gasteiger partial charge in [-0.15, -0.1) is 11.3 Å². The van der Waals surface area contributed by atoms with Crippen LogP contribution in [0.15, 0.2) is 12.1 Å². The van der Waals surface area contributed by atoms with Crippen LogP contribution >= 0.6 is 11.3 Å². The molecule has 0 saturated carbocycles. The van der Waals surface area contributed by atoms with Crippen LogP contribution in [-0.2, 0) is 11.2 Å². The van der Waals surface area contributed by atoms with E-state index in [4.69, 9.17) is 0 Å². The molecule has 0 saturated heterocycles. The third-order valence-electron chi connectivity index (χ3n) is 2.92. The normalized spacial score (nSPS) is 14.4. The summed E-state index contributed by atoms with van der Waals surface area (Å²) in [5.41, 5.74) is 0. The summed E-state index contributed by atoms with van der Waals surface area (Å²) in [5, 5.41) is 6.31. The SMILES string of the molecule is Cc1ccc(CC(C)NC(C)C(=O)NCC(C)C)s1. The Labute approximate surface area is 120 Å². The molecule has 1 aromatic rings. The zero-order valence-corrected chi connectivity index (χ0v) is 13.4. The van der Waals surface area contributed by atoms with Crippen molar-refractivity contribution in [2.45, 2.75) is 53.1 Å². The molecule has 1 rings (SSSR count). The fourth-order valence-electron chi connectivity index (χ4n) is 1.92. The highest BCUT2D eigenvalue weighted by Crippen LogP contribution is 2.16. The fourth-order valence-corrected chi connectivity index (χ4v) is 2.93. The molecule has 2 N–H and O–H groups in total. The van der Waals surface area contributed by atoms with Gasteiger partial charge in [0.25, 0.3) is 0 Å². The molecule has 1 heterocycles. The number of rotatable bonds is 7. The zero-order valence-electron chi connectivity index (χ0n) is 12.6. The van der Waals surface area contributed by atoms with Crippen LogP contribution in [0.25, 0.3) is 0 Å². The second-order valence-corrected chi connectivity index (χ2v) is 7.02. The summed E-state index contributed by atoms with van der Waals surface area (Å²) >= 11 is 1.83. The molecule has 0 radical (unpaired) electrons. The molecule has 2 atom stereocenters. The molecule has 2 unspecified atom stereocenters. The lowest BCUT2D eigenvalue weighted by Gasteiger charge is -2.19. The highest BCUT2D eigenvalue weighted by atomic mass is 32.1. The Morgan fingerprint density at radius 1 is 1.26 bits per heavy atom. The van der Waals surface area contributed by atoms with Gasteiger partial charge >= 0.3 is 0 Å². The molecule has 0 aliphatic carbocycles. The number of hydrogen-bond donors (Lipinski definition) is 2. The average Bonchev–Trinajstić information content (AvgIpc) is 2.71. The average molecular weight is 282 g/mol. The van der Waals surface area contributed by atoms with Gasteiger partial charge in [-0.2, -0.15) is 0 Å². The zero-order chi connectivity index (χ0) is 14.4. The second-order valence-electron chi connectivity index (χ2n) is 5.64. The van der Waals surface area contributed by atoms with Crippen molar-refractivity contribution in [2.24, 2.45) is 5.92 Å². The smallest absolute Gasteiger partial charge is 0.236 e. The standard InChI is InChI=1S/C15H26N2OS/c1-10(2)9-16-15(18)13(5)17-11(3)8-14-7-6-12(4)19-14/h6-7,10-11,13,17H,8-9H2,1-5H3,(H,16,18).